The number of aryl methyl sites for hydroxylation is 1. The molecule has 2 rings (SSSR count). The van der Waals surface area contributed by atoms with E-state index in [0.717, 1.165) is 5.56 Å². The van der Waals surface area contributed by atoms with Gasteiger partial charge in [-0.25, -0.2) is 0 Å². The molecule has 0 fully saturated rings. The average Bonchev–Trinajstić information content (AvgIpc) is 2.95. The Labute approximate surface area is 130 Å². The van der Waals surface area contributed by atoms with E-state index in [0.29, 0.717) is 24.6 Å². The smallest absolute Gasteiger partial charge is 0.227 e. The Morgan fingerprint density at radius 3 is 2.59 bits per heavy atom. The summed E-state index contributed by atoms with van der Waals surface area (Å²) < 4.78 is 5.18. The molecule has 0 aromatic carbocycles. The number of amides is 1. The summed E-state index contributed by atoms with van der Waals surface area (Å²) in [5.41, 5.74) is 0.871. The molecule has 0 saturated heterocycles. The second kappa shape index (κ2) is 6.68. The summed E-state index contributed by atoms with van der Waals surface area (Å²) in [6.07, 6.45) is 4.19. The Bertz CT molecular complexity index is 617. The predicted molar refractivity (Wildman–Crippen MR) is 82.1 cm³/mol. The number of hydrogen-bond acceptors (Lipinski definition) is 5. The zero-order chi connectivity index (χ0) is 16.2. The van der Waals surface area contributed by atoms with E-state index < -0.39 is 0 Å². The lowest BCUT2D eigenvalue weighted by Crippen LogP contribution is -2.26. The molecule has 0 aliphatic rings. The number of hydrogen-bond donors (Lipinski definition) is 1. The first kappa shape index (κ1) is 16.1. The second-order valence-corrected chi connectivity index (χ2v) is 6.33. The molecule has 22 heavy (non-hydrogen) atoms. The van der Waals surface area contributed by atoms with Gasteiger partial charge in [-0.05, 0) is 24.6 Å². The maximum absolute atomic E-state index is 12.0. The van der Waals surface area contributed by atoms with Gasteiger partial charge in [-0.2, -0.15) is 4.98 Å². The molecule has 0 aliphatic heterocycles. The molecule has 1 amide bonds. The van der Waals surface area contributed by atoms with Crippen molar-refractivity contribution in [2.24, 2.45) is 0 Å². The van der Waals surface area contributed by atoms with Crippen LogP contribution in [0.5, 0.6) is 0 Å². The fourth-order valence-electron chi connectivity index (χ4n) is 1.93. The summed E-state index contributed by atoms with van der Waals surface area (Å²) in [5.74, 6) is 1.12. The molecule has 1 N–H and O–H groups in total. The number of nitrogens with one attached hydrogen (secondary N) is 1. The van der Waals surface area contributed by atoms with Crippen LogP contribution in [0.15, 0.2) is 29.0 Å². The zero-order valence-corrected chi connectivity index (χ0v) is 13.5. The van der Waals surface area contributed by atoms with E-state index >= 15 is 0 Å². The third-order valence-electron chi connectivity index (χ3n) is 3.29. The van der Waals surface area contributed by atoms with Crippen LogP contribution in [-0.2, 0) is 16.6 Å². The highest BCUT2D eigenvalue weighted by molar-refractivity contribution is 5.76. The lowest BCUT2D eigenvalue weighted by molar-refractivity contribution is -0.121. The van der Waals surface area contributed by atoms with Gasteiger partial charge < -0.3 is 9.84 Å². The van der Waals surface area contributed by atoms with Crippen molar-refractivity contribution in [1.29, 1.82) is 0 Å². The van der Waals surface area contributed by atoms with Gasteiger partial charge >= 0.3 is 0 Å². The molecule has 2 aromatic rings. The van der Waals surface area contributed by atoms with Gasteiger partial charge in [0.1, 0.15) is 0 Å². The van der Waals surface area contributed by atoms with E-state index in [2.05, 4.69) is 20.4 Å². The van der Waals surface area contributed by atoms with E-state index in [1.165, 1.54) is 0 Å². The second-order valence-electron chi connectivity index (χ2n) is 6.33. The Morgan fingerprint density at radius 1 is 1.32 bits per heavy atom. The summed E-state index contributed by atoms with van der Waals surface area (Å²) in [7, 11) is 0. The van der Waals surface area contributed by atoms with E-state index in [1.807, 2.05) is 39.8 Å². The highest BCUT2D eigenvalue weighted by Crippen LogP contribution is 2.18. The molecule has 2 heterocycles. The lowest BCUT2D eigenvalue weighted by Gasteiger charge is -2.13. The minimum atomic E-state index is -0.153. The molecule has 0 unspecified atom stereocenters. The van der Waals surface area contributed by atoms with Gasteiger partial charge in [0.2, 0.25) is 11.8 Å². The van der Waals surface area contributed by atoms with Crippen molar-refractivity contribution in [2.45, 2.75) is 52.0 Å². The van der Waals surface area contributed by atoms with Crippen LogP contribution >= 0.6 is 0 Å². The molecule has 6 heteroatoms. The van der Waals surface area contributed by atoms with Crippen LogP contribution in [0.25, 0.3) is 0 Å². The number of rotatable bonds is 5. The lowest BCUT2D eigenvalue weighted by atomic mass is 9.96. The normalized spacial score (nSPS) is 12.9. The fraction of sp³-hybridized carbons (Fsp3) is 0.500. The standard InChI is InChI=1S/C16H22N4O2/c1-11(12-7-9-17-10-8-12)18-13(21)5-6-14-19-15(20-22-14)16(2,3)4/h7-11H,5-6H2,1-4H3,(H,18,21)/t11-/m0/s1. The molecule has 0 bridgehead atoms. The Kier molecular flexibility index (Phi) is 4.90. The van der Waals surface area contributed by atoms with Gasteiger partial charge in [0, 0.05) is 30.7 Å². The molecular formula is C16H22N4O2. The molecule has 1 atom stereocenters. The highest BCUT2D eigenvalue weighted by atomic mass is 16.5. The van der Waals surface area contributed by atoms with Crippen LogP contribution in [0.3, 0.4) is 0 Å². The average molecular weight is 302 g/mol. The third kappa shape index (κ3) is 4.38. The number of aromatic nitrogens is 3. The number of nitrogens with zero attached hydrogens (tertiary/aromatic N) is 3. The molecule has 118 valence electrons. The summed E-state index contributed by atoms with van der Waals surface area (Å²) in [6, 6.07) is 3.72. The summed E-state index contributed by atoms with van der Waals surface area (Å²) in [5, 5.41) is 6.90. The van der Waals surface area contributed by atoms with Crippen LogP contribution in [0, 0.1) is 0 Å². The van der Waals surface area contributed by atoms with Crippen molar-refractivity contribution in [2.75, 3.05) is 0 Å². The molecule has 0 spiro atoms. The van der Waals surface area contributed by atoms with Crippen LogP contribution in [0.2, 0.25) is 0 Å². The SMILES string of the molecule is C[C@H](NC(=O)CCc1nc(C(C)(C)C)no1)c1ccncc1. The Balaban J connectivity index is 1.84. The Hall–Kier alpha value is -2.24. The van der Waals surface area contributed by atoms with Gasteiger partial charge in [-0.3, -0.25) is 9.78 Å². The first-order valence-corrected chi connectivity index (χ1v) is 7.38. The van der Waals surface area contributed by atoms with Crippen molar-refractivity contribution in [3.05, 3.63) is 41.8 Å². The molecule has 0 radical (unpaired) electrons. The largest absolute Gasteiger partial charge is 0.350 e. The number of pyridine rings is 1. The van der Waals surface area contributed by atoms with E-state index in [4.69, 9.17) is 4.52 Å². The van der Waals surface area contributed by atoms with Crippen molar-refractivity contribution in [3.8, 4) is 0 Å². The number of carbonyl (C=O) groups excluding carboxylic acids is 1. The maximum atomic E-state index is 12.0. The van der Waals surface area contributed by atoms with E-state index in [9.17, 15) is 4.79 Å². The molecule has 0 saturated carbocycles. The van der Waals surface area contributed by atoms with E-state index in [-0.39, 0.29) is 17.4 Å². The van der Waals surface area contributed by atoms with Gasteiger partial charge in [-0.15, -0.1) is 0 Å². The van der Waals surface area contributed by atoms with Gasteiger partial charge in [0.15, 0.2) is 5.82 Å². The number of carbonyl (C=O) groups is 1. The topological polar surface area (TPSA) is 80.9 Å². The van der Waals surface area contributed by atoms with Crippen molar-refractivity contribution >= 4 is 5.91 Å². The first-order valence-electron chi connectivity index (χ1n) is 7.38. The van der Waals surface area contributed by atoms with Crippen molar-refractivity contribution < 1.29 is 9.32 Å². The van der Waals surface area contributed by atoms with E-state index in [1.54, 1.807) is 12.4 Å². The predicted octanol–water partition coefficient (Wildman–Crippen LogP) is 2.57. The van der Waals surface area contributed by atoms with Crippen LogP contribution in [0.4, 0.5) is 0 Å². The van der Waals surface area contributed by atoms with Crippen molar-refractivity contribution in [1.82, 2.24) is 20.4 Å². The molecular weight excluding hydrogens is 280 g/mol. The fourth-order valence-corrected chi connectivity index (χ4v) is 1.93. The molecule has 0 aliphatic carbocycles. The minimum Gasteiger partial charge on any atom is -0.350 e. The minimum absolute atomic E-state index is 0.0418. The van der Waals surface area contributed by atoms with Gasteiger partial charge in [0.05, 0.1) is 6.04 Å². The van der Waals surface area contributed by atoms with Gasteiger partial charge in [-0.1, -0.05) is 25.9 Å². The maximum Gasteiger partial charge on any atom is 0.227 e. The van der Waals surface area contributed by atoms with Crippen LogP contribution in [-0.4, -0.2) is 21.0 Å². The van der Waals surface area contributed by atoms with Gasteiger partial charge in [0.25, 0.3) is 0 Å². The van der Waals surface area contributed by atoms with Crippen LogP contribution in [0.1, 0.15) is 57.4 Å². The van der Waals surface area contributed by atoms with Crippen molar-refractivity contribution in [3.63, 3.8) is 0 Å². The highest BCUT2D eigenvalue weighted by Gasteiger charge is 2.21. The third-order valence-corrected chi connectivity index (χ3v) is 3.29. The van der Waals surface area contributed by atoms with Crippen LogP contribution < -0.4 is 5.32 Å². The summed E-state index contributed by atoms with van der Waals surface area (Å²) >= 11 is 0. The molecule has 2 aromatic heterocycles. The quantitative estimate of drug-likeness (QED) is 0.918. The summed E-state index contributed by atoms with van der Waals surface area (Å²) in [6.45, 7) is 8.00. The first-order chi connectivity index (χ1) is 10.4. The zero-order valence-electron chi connectivity index (χ0n) is 13.5. The molecule has 6 nitrogen and oxygen atoms in total. The monoisotopic (exact) mass is 302 g/mol. The summed E-state index contributed by atoms with van der Waals surface area (Å²) in [4.78, 5) is 20.3. The Morgan fingerprint density at radius 2 is 2.00 bits per heavy atom.